The lowest BCUT2D eigenvalue weighted by molar-refractivity contribution is 0.0948. The zero-order chi connectivity index (χ0) is 19.3. The normalized spacial score (nSPS) is 10.5. The van der Waals surface area contributed by atoms with Crippen molar-refractivity contribution in [3.8, 4) is 23.1 Å². The first kappa shape index (κ1) is 19.3. The maximum atomic E-state index is 13.0. The molecule has 0 unspecified atom stereocenters. The maximum Gasteiger partial charge on any atom is 0.276 e. The van der Waals surface area contributed by atoms with Crippen LogP contribution in [0.5, 0.6) is 17.4 Å². The number of nitrogens with two attached hydrogens (primary N) is 1. The lowest BCUT2D eigenvalue weighted by atomic mass is 10.2. The van der Waals surface area contributed by atoms with Gasteiger partial charge in [0.2, 0.25) is 5.88 Å². The van der Waals surface area contributed by atoms with Gasteiger partial charge in [-0.05, 0) is 18.6 Å². The highest BCUT2D eigenvalue weighted by Gasteiger charge is 2.25. The van der Waals surface area contributed by atoms with Crippen LogP contribution < -0.4 is 26.3 Å². The number of nitrogens with zero attached hydrogens (tertiary/aromatic N) is 2. The number of hydrogen-bond donors (Lipinski definition) is 3. The van der Waals surface area contributed by atoms with Crippen LogP contribution in [0.15, 0.2) is 23.0 Å². The Balaban J connectivity index is 2.90. The molecule has 9 heteroatoms. The van der Waals surface area contributed by atoms with Gasteiger partial charge in [-0.1, -0.05) is 19.4 Å². The highest BCUT2D eigenvalue weighted by Crippen LogP contribution is 2.32. The fraction of sp³-hybridized carbons (Fsp3) is 0.353. The Morgan fingerprint density at radius 1 is 1.31 bits per heavy atom. The predicted octanol–water partition coefficient (Wildman–Crippen LogP) is 0.901. The van der Waals surface area contributed by atoms with E-state index in [0.29, 0.717) is 23.6 Å². The number of amides is 1. The molecule has 4 N–H and O–H groups in total. The molecule has 2 rings (SSSR count). The highest BCUT2D eigenvalue weighted by molar-refractivity contribution is 5.95. The summed E-state index contributed by atoms with van der Waals surface area (Å²) in [5.74, 6) is 4.51. The Hall–Kier alpha value is -3.07. The minimum absolute atomic E-state index is 0.283. The number of aromatic nitrogens is 2. The second kappa shape index (κ2) is 8.34. The van der Waals surface area contributed by atoms with Crippen molar-refractivity contribution in [1.82, 2.24) is 15.0 Å². The molecule has 0 aliphatic heterocycles. The molecule has 0 aliphatic carbocycles. The number of aromatic hydroxyl groups is 1. The van der Waals surface area contributed by atoms with Gasteiger partial charge in [0.25, 0.3) is 11.5 Å². The molecule has 0 spiro atoms. The molecule has 1 aromatic heterocycles. The molecule has 0 bridgehead atoms. The Bertz CT molecular complexity index is 841. The molecule has 0 atom stereocenters. The zero-order valence-corrected chi connectivity index (χ0v) is 14.9. The molecule has 1 amide bonds. The summed E-state index contributed by atoms with van der Waals surface area (Å²) in [4.78, 5) is 29.1. The van der Waals surface area contributed by atoms with Crippen molar-refractivity contribution < 1.29 is 19.4 Å². The molecule has 0 saturated heterocycles. The second-order valence-corrected chi connectivity index (χ2v) is 5.46. The molecule has 1 aromatic carbocycles. The molecule has 2 aromatic rings. The van der Waals surface area contributed by atoms with E-state index in [4.69, 9.17) is 15.3 Å². The van der Waals surface area contributed by atoms with E-state index in [0.717, 1.165) is 12.8 Å². The number of carbonyl (C=O) groups excluding carboxylic acids is 1. The lowest BCUT2D eigenvalue weighted by Crippen LogP contribution is -2.38. The number of nitrogens with one attached hydrogen (secondary N) is 1. The molecule has 0 fully saturated rings. The average Bonchev–Trinajstić information content (AvgIpc) is 2.65. The topological polar surface area (TPSA) is 129 Å². The van der Waals surface area contributed by atoms with E-state index < -0.39 is 22.9 Å². The summed E-state index contributed by atoms with van der Waals surface area (Å²) in [6.07, 6.45) is 1.99. The van der Waals surface area contributed by atoms with Crippen LogP contribution >= 0.6 is 0 Å². The molecular formula is C17H22N4O5. The summed E-state index contributed by atoms with van der Waals surface area (Å²) in [7, 11) is 2.91. The summed E-state index contributed by atoms with van der Waals surface area (Å²) in [5.41, 5.74) is 0.821. The second-order valence-electron chi connectivity index (χ2n) is 5.46. The average molecular weight is 362 g/mol. The van der Waals surface area contributed by atoms with Crippen molar-refractivity contribution in [1.29, 1.82) is 0 Å². The zero-order valence-electron chi connectivity index (χ0n) is 14.9. The van der Waals surface area contributed by atoms with Crippen molar-refractivity contribution >= 4 is 5.91 Å². The van der Waals surface area contributed by atoms with E-state index in [9.17, 15) is 14.7 Å². The maximum absolute atomic E-state index is 13.0. The Kier molecular flexibility index (Phi) is 6.18. The Labute approximate surface area is 150 Å². The molecule has 0 radical (unpaired) electrons. The number of benzene rings is 1. The molecule has 0 aliphatic rings. The van der Waals surface area contributed by atoms with Crippen molar-refractivity contribution in [3.05, 3.63) is 39.9 Å². The third-order valence-corrected chi connectivity index (χ3v) is 3.87. The van der Waals surface area contributed by atoms with Crippen LogP contribution in [0, 0.1) is 0 Å². The summed E-state index contributed by atoms with van der Waals surface area (Å²) >= 11 is 0. The third kappa shape index (κ3) is 3.47. The number of aryl methyl sites for hydroxylation is 1. The van der Waals surface area contributed by atoms with Gasteiger partial charge in [0.05, 0.1) is 14.2 Å². The van der Waals surface area contributed by atoms with E-state index in [1.807, 2.05) is 12.3 Å². The predicted molar refractivity (Wildman–Crippen MR) is 94.9 cm³/mol. The van der Waals surface area contributed by atoms with Crippen LogP contribution in [0.3, 0.4) is 0 Å². The molecule has 9 nitrogen and oxygen atoms in total. The fourth-order valence-electron chi connectivity index (χ4n) is 2.61. The summed E-state index contributed by atoms with van der Waals surface area (Å²) in [6, 6.07) is 5.02. The number of para-hydroxylation sites is 1. The number of methoxy groups -OCH3 is 2. The van der Waals surface area contributed by atoms with Gasteiger partial charge in [-0.25, -0.2) is 5.84 Å². The molecule has 1 heterocycles. The first-order valence-electron chi connectivity index (χ1n) is 8.07. The number of hydrogen-bond acceptors (Lipinski definition) is 7. The monoisotopic (exact) mass is 362 g/mol. The van der Waals surface area contributed by atoms with Gasteiger partial charge >= 0.3 is 0 Å². The van der Waals surface area contributed by atoms with Gasteiger partial charge in [0, 0.05) is 6.42 Å². The Morgan fingerprint density at radius 3 is 2.42 bits per heavy atom. The van der Waals surface area contributed by atoms with Crippen LogP contribution in [0.4, 0.5) is 0 Å². The number of unbranched alkanes of at least 4 members (excludes halogenated alkanes) is 1. The van der Waals surface area contributed by atoms with Gasteiger partial charge < -0.3 is 14.6 Å². The van der Waals surface area contributed by atoms with Crippen LogP contribution in [0.25, 0.3) is 5.69 Å². The summed E-state index contributed by atoms with van der Waals surface area (Å²) < 4.78 is 11.9. The number of rotatable bonds is 7. The number of carbonyl (C=O) groups is 1. The van der Waals surface area contributed by atoms with E-state index in [1.54, 1.807) is 18.2 Å². The first-order valence-corrected chi connectivity index (χ1v) is 8.07. The largest absolute Gasteiger partial charge is 0.494 e. The van der Waals surface area contributed by atoms with E-state index in [2.05, 4.69) is 4.98 Å². The summed E-state index contributed by atoms with van der Waals surface area (Å²) in [5, 5.41) is 10.1. The quantitative estimate of drug-likeness (QED) is 0.379. The lowest BCUT2D eigenvalue weighted by Gasteiger charge is -2.19. The molecular weight excluding hydrogens is 340 g/mol. The van der Waals surface area contributed by atoms with Crippen LogP contribution in [-0.2, 0) is 6.42 Å². The summed E-state index contributed by atoms with van der Waals surface area (Å²) in [6.45, 7) is 1.99. The van der Waals surface area contributed by atoms with Crippen molar-refractivity contribution in [3.63, 3.8) is 0 Å². The SMILES string of the molecule is CCCCc1nc(O)c(C(=O)NN)c(=O)n1-c1c(OC)cccc1OC. The standard InChI is InChI=1S/C17H22N4O5/c1-4-5-9-12-19-15(22)13(16(23)20-18)17(24)21(12)14-10(25-2)7-6-8-11(14)26-3/h6-8,22H,4-5,9,18H2,1-3H3,(H,20,23). The van der Waals surface area contributed by atoms with Gasteiger partial charge in [0.1, 0.15) is 23.0 Å². The van der Waals surface area contributed by atoms with E-state index >= 15 is 0 Å². The highest BCUT2D eigenvalue weighted by atomic mass is 16.5. The number of ether oxygens (including phenoxy) is 2. The van der Waals surface area contributed by atoms with Crippen molar-refractivity contribution in [2.24, 2.45) is 5.84 Å². The van der Waals surface area contributed by atoms with E-state index in [-0.39, 0.29) is 5.82 Å². The van der Waals surface area contributed by atoms with Crippen LogP contribution in [-0.4, -0.2) is 34.8 Å². The minimum atomic E-state index is -0.940. The van der Waals surface area contributed by atoms with Crippen LogP contribution in [0.1, 0.15) is 35.9 Å². The molecule has 26 heavy (non-hydrogen) atoms. The van der Waals surface area contributed by atoms with Gasteiger partial charge in [-0.3, -0.25) is 19.6 Å². The van der Waals surface area contributed by atoms with Crippen molar-refractivity contribution in [2.75, 3.05) is 14.2 Å². The fourth-order valence-corrected chi connectivity index (χ4v) is 2.61. The van der Waals surface area contributed by atoms with Gasteiger partial charge in [-0.15, -0.1) is 0 Å². The smallest absolute Gasteiger partial charge is 0.276 e. The number of nitrogen functional groups attached to an aromatic ring is 1. The minimum Gasteiger partial charge on any atom is -0.494 e. The Morgan fingerprint density at radius 2 is 1.92 bits per heavy atom. The number of hydrazine groups is 1. The van der Waals surface area contributed by atoms with Gasteiger partial charge in [0.15, 0.2) is 5.56 Å². The van der Waals surface area contributed by atoms with Crippen molar-refractivity contribution in [2.45, 2.75) is 26.2 Å². The van der Waals surface area contributed by atoms with Gasteiger partial charge in [-0.2, -0.15) is 4.98 Å². The molecule has 140 valence electrons. The molecule has 0 saturated carbocycles. The van der Waals surface area contributed by atoms with E-state index in [1.165, 1.54) is 18.8 Å². The van der Waals surface area contributed by atoms with Crippen LogP contribution in [0.2, 0.25) is 0 Å². The third-order valence-electron chi connectivity index (χ3n) is 3.87. The first-order chi connectivity index (χ1) is 12.5.